The quantitative estimate of drug-likeness (QED) is 0.930. The van der Waals surface area contributed by atoms with Crippen molar-refractivity contribution in [3.8, 4) is 5.75 Å². The lowest BCUT2D eigenvalue weighted by Gasteiger charge is -2.21. The Balaban J connectivity index is 2.12. The second-order valence-corrected chi connectivity index (χ2v) is 5.30. The molecule has 0 saturated carbocycles. The highest BCUT2D eigenvalue weighted by Crippen LogP contribution is 2.28. The predicted molar refractivity (Wildman–Crippen MR) is 82.9 cm³/mol. The van der Waals surface area contributed by atoms with Crippen LogP contribution in [0.5, 0.6) is 5.75 Å². The smallest absolute Gasteiger partial charge is 0.231 e. The van der Waals surface area contributed by atoms with Crippen molar-refractivity contribution in [3.05, 3.63) is 76.7 Å². The summed E-state index contributed by atoms with van der Waals surface area (Å²) in [6, 6.07) is 8.36. The highest BCUT2D eigenvalue weighted by atomic mass is 19.1. The van der Waals surface area contributed by atoms with E-state index in [0.717, 1.165) is 19.1 Å². The van der Waals surface area contributed by atoms with E-state index in [9.17, 15) is 23.2 Å². The van der Waals surface area contributed by atoms with Crippen molar-refractivity contribution in [2.24, 2.45) is 0 Å². The van der Waals surface area contributed by atoms with Crippen LogP contribution < -0.4 is 10.1 Å². The zero-order valence-electron chi connectivity index (χ0n) is 12.9. The fraction of sp³-hybridized carbons (Fsp3) is 0.0556. The highest BCUT2D eigenvalue weighted by molar-refractivity contribution is 6.26. The van der Waals surface area contributed by atoms with Gasteiger partial charge >= 0.3 is 0 Å². The third-order valence-corrected chi connectivity index (χ3v) is 3.43. The third kappa shape index (κ3) is 3.16. The van der Waals surface area contributed by atoms with E-state index in [-0.39, 0.29) is 22.6 Å². The summed E-state index contributed by atoms with van der Waals surface area (Å²) in [5.41, 5.74) is -0.191. The van der Waals surface area contributed by atoms with Crippen LogP contribution in [0.25, 0.3) is 0 Å². The van der Waals surface area contributed by atoms with E-state index in [0.29, 0.717) is 6.07 Å². The molecule has 0 unspecified atom stereocenters. The van der Waals surface area contributed by atoms with Gasteiger partial charge in [-0.2, -0.15) is 0 Å². The number of carbonyl (C=O) groups is 3. The summed E-state index contributed by atoms with van der Waals surface area (Å²) in [5.74, 6) is -4.53. The molecule has 0 radical (unpaired) electrons. The summed E-state index contributed by atoms with van der Waals surface area (Å²) in [7, 11) is 0. The largest absolute Gasteiger partial charge is 0.451 e. The molecule has 0 saturated heterocycles. The minimum absolute atomic E-state index is 0.0773. The number of ether oxygens (including phenoxy) is 1. The number of rotatable bonds is 3. The summed E-state index contributed by atoms with van der Waals surface area (Å²) < 4.78 is 32.0. The maximum Gasteiger partial charge on any atom is 0.231 e. The molecule has 1 N–H and O–H groups in total. The van der Waals surface area contributed by atoms with Crippen LogP contribution in [0.15, 0.2) is 53.9 Å². The van der Waals surface area contributed by atoms with E-state index >= 15 is 0 Å². The van der Waals surface area contributed by atoms with Crippen molar-refractivity contribution >= 4 is 17.5 Å². The van der Waals surface area contributed by atoms with Crippen molar-refractivity contribution in [2.45, 2.75) is 6.92 Å². The standard InChI is InChI=1S/C18H11F2NO4/c1-9(22)21-15-16(23)13-4-2-3-5-14(13)17(24)18(15)25-12-7-10(19)6-11(20)8-12/h2-8H,1H3,(H,21,22). The van der Waals surface area contributed by atoms with E-state index in [4.69, 9.17) is 4.74 Å². The molecule has 0 heterocycles. The Kier molecular flexibility index (Phi) is 4.14. The van der Waals surface area contributed by atoms with Crippen LogP contribution in [0, 0.1) is 11.6 Å². The maximum absolute atomic E-state index is 13.3. The number of nitrogens with one attached hydrogen (secondary N) is 1. The van der Waals surface area contributed by atoms with Gasteiger partial charge in [0.05, 0.1) is 0 Å². The molecule has 0 bridgehead atoms. The lowest BCUT2D eigenvalue weighted by molar-refractivity contribution is -0.118. The van der Waals surface area contributed by atoms with Gasteiger partial charge in [-0.1, -0.05) is 24.3 Å². The molecule has 126 valence electrons. The SMILES string of the molecule is CC(=O)NC1=C(Oc2cc(F)cc(F)c2)C(=O)c2ccccc2C1=O. The van der Waals surface area contributed by atoms with Crippen LogP contribution in [-0.4, -0.2) is 17.5 Å². The topological polar surface area (TPSA) is 72.5 Å². The Morgan fingerprint density at radius 3 is 2.08 bits per heavy atom. The molecule has 2 aromatic rings. The minimum atomic E-state index is -0.910. The van der Waals surface area contributed by atoms with E-state index in [1.807, 2.05) is 0 Å². The van der Waals surface area contributed by atoms with Crippen LogP contribution in [0.1, 0.15) is 27.6 Å². The second-order valence-electron chi connectivity index (χ2n) is 5.30. The lowest BCUT2D eigenvalue weighted by atomic mass is 9.91. The molecule has 1 amide bonds. The normalized spacial score (nSPS) is 13.6. The van der Waals surface area contributed by atoms with Crippen molar-refractivity contribution in [1.82, 2.24) is 5.32 Å². The lowest BCUT2D eigenvalue weighted by Crippen LogP contribution is -2.34. The molecule has 0 atom stereocenters. The Hall–Kier alpha value is -3.35. The van der Waals surface area contributed by atoms with E-state index in [1.54, 1.807) is 12.1 Å². The molecule has 7 heteroatoms. The summed E-state index contributed by atoms with van der Waals surface area (Å²) in [6.07, 6.45) is 0. The van der Waals surface area contributed by atoms with Gasteiger partial charge in [0.15, 0.2) is 0 Å². The number of ketones is 2. The molecule has 1 aliphatic rings. The molecule has 2 aromatic carbocycles. The van der Waals surface area contributed by atoms with Gasteiger partial charge in [0.25, 0.3) is 0 Å². The molecule has 0 aromatic heterocycles. The van der Waals surface area contributed by atoms with E-state index < -0.39 is 34.9 Å². The van der Waals surface area contributed by atoms with Gasteiger partial charge < -0.3 is 10.1 Å². The first kappa shape index (κ1) is 16.5. The Morgan fingerprint density at radius 1 is 0.960 bits per heavy atom. The zero-order valence-corrected chi connectivity index (χ0v) is 12.9. The number of halogens is 2. The van der Waals surface area contributed by atoms with Crippen molar-refractivity contribution in [3.63, 3.8) is 0 Å². The van der Waals surface area contributed by atoms with Crippen LogP contribution in [0.4, 0.5) is 8.78 Å². The molecular formula is C18H11F2NO4. The molecule has 25 heavy (non-hydrogen) atoms. The third-order valence-electron chi connectivity index (χ3n) is 3.43. The minimum Gasteiger partial charge on any atom is -0.451 e. The maximum atomic E-state index is 13.3. The number of hydrogen-bond donors (Lipinski definition) is 1. The molecule has 0 spiro atoms. The van der Waals surface area contributed by atoms with Crippen LogP contribution >= 0.6 is 0 Å². The van der Waals surface area contributed by atoms with Gasteiger partial charge in [-0.25, -0.2) is 8.78 Å². The van der Waals surface area contributed by atoms with Crippen LogP contribution in [0.3, 0.4) is 0 Å². The number of hydrogen-bond acceptors (Lipinski definition) is 4. The van der Waals surface area contributed by atoms with Crippen molar-refractivity contribution < 1.29 is 27.9 Å². The predicted octanol–water partition coefficient (Wildman–Crippen LogP) is 2.77. The second kappa shape index (κ2) is 6.27. The Labute approximate surface area is 140 Å². The van der Waals surface area contributed by atoms with Gasteiger partial charge in [0.1, 0.15) is 23.1 Å². The fourth-order valence-electron chi connectivity index (χ4n) is 2.44. The van der Waals surface area contributed by atoms with Crippen LogP contribution in [0.2, 0.25) is 0 Å². The average molecular weight is 343 g/mol. The van der Waals surface area contributed by atoms with E-state index in [1.165, 1.54) is 12.1 Å². The van der Waals surface area contributed by atoms with Gasteiger partial charge in [0.2, 0.25) is 23.2 Å². The number of allylic oxidation sites excluding steroid dienone is 2. The summed E-state index contributed by atoms with van der Waals surface area (Å²) in [6.45, 7) is 1.16. The Bertz CT molecular complexity index is 930. The highest BCUT2D eigenvalue weighted by Gasteiger charge is 2.34. The van der Waals surface area contributed by atoms with Gasteiger partial charge in [-0.15, -0.1) is 0 Å². The first-order valence-electron chi connectivity index (χ1n) is 7.21. The van der Waals surface area contributed by atoms with Gasteiger partial charge in [-0.3, -0.25) is 14.4 Å². The zero-order chi connectivity index (χ0) is 18.1. The molecule has 3 rings (SSSR count). The van der Waals surface area contributed by atoms with Crippen molar-refractivity contribution in [1.29, 1.82) is 0 Å². The van der Waals surface area contributed by atoms with Gasteiger partial charge in [0, 0.05) is 36.2 Å². The summed E-state index contributed by atoms with van der Waals surface area (Å²) in [5, 5.41) is 2.26. The monoisotopic (exact) mass is 343 g/mol. The van der Waals surface area contributed by atoms with Crippen molar-refractivity contribution in [2.75, 3.05) is 0 Å². The number of Topliss-reactive ketones (excluding diaryl/α,β-unsaturated/α-hetero) is 2. The molecule has 0 aliphatic heterocycles. The average Bonchev–Trinajstić information content (AvgIpc) is 2.54. The first-order valence-corrected chi connectivity index (χ1v) is 7.21. The summed E-state index contributed by atoms with van der Waals surface area (Å²) in [4.78, 5) is 36.6. The fourth-order valence-corrected chi connectivity index (χ4v) is 2.44. The number of amides is 1. The molecule has 5 nitrogen and oxygen atoms in total. The number of benzene rings is 2. The van der Waals surface area contributed by atoms with Crippen LogP contribution in [-0.2, 0) is 4.79 Å². The molecule has 1 aliphatic carbocycles. The number of carbonyl (C=O) groups excluding carboxylic acids is 3. The molecular weight excluding hydrogens is 332 g/mol. The van der Waals surface area contributed by atoms with Gasteiger partial charge in [-0.05, 0) is 0 Å². The Morgan fingerprint density at radius 2 is 1.52 bits per heavy atom. The van der Waals surface area contributed by atoms with E-state index in [2.05, 4.69) is 5.32 Å². The summed E-state index contributed by atoms with van der Waals surface area (Å²) >= 11 is 0. The molecule has 0 fully saturated rings. The first-order chi connectivity index (χ1) is 11.9. The number of fused-ring (bicyclic) bond motifs is 1.